The molecular weight excluding hydrogens is 339 g/mol. The highest BCUT2D eigenvalue weighted by molar-refractivity contribution is 7.99. The highest BCUT2D eigenvalue weighted by Gasteiger charge is 2.35. The molecule has 1 aromatic carbocycles. The third-order valence-corrected chi connectivity index (χ3v) is 6.84. The summed E-state index contributed by atoms with van der Waals surface area (Å²) in [6, 6.07) is 3.46. The highest BCUT2D eigenvalue weighted by atomic mass is 32.2. The SMILES string of the molecule is COc1ccc(F)cc1S(=O)(=O)N1CCCSCC1CN(C)C. The second-order valence-electron chi connectivity index (χ2n) is 5.76. The molecule has 0 bridgehead atoms. The number of methoxy groups -OCH3 is 1. The van der Waals surface area contributed by atoms with Gasteiger partial charge in [-0.2, -0.15) is 16.1 Å². The van der Waals surface area contributed by atoms with Gasteiger partial charge in [0.2, 0.25) is 10.0 Å². The maximum atomic E-state index is 13.6. The summed E-state index contributed by atoms with van der Waals surface area (Å²) >= 11 is 1.76. The van der Waals surface area contributed by atoms with E-state index < -0.39 is 15.8 Å². The van der Waals surface area contributed by atoms with Crippen molar-refractivity contribution in [1.82, 2.24) is 9.21 Å². The maximum Gasteiger partial charge on any atom is 0.247 e. The lowest BCUT2D eigenvalue weighted by Gasteiger charge is -2.31. The zero-order chi connectivity index (χ0) is 17.0. The average Bonchev–Trinajstić information content (AvgIpc) is 2.72. The molecule has 8 heteroatoms. The van der Waals surface area contributed by atoms with Crippen LogP contribution in [0.3, 0.4) is 0 Å². The molecule has 0 spiro atoms. The fourth-order valence-corrected chi connectivity index (χ4v) is 5.64. The maximum absolute atomic E-state index is 13.6. The number of hydrogen-bond donors (Lipinski definition) is 0. The highest BCUT2D eigenvalue weighted by Crippen LogP contribution is 2.30. The molecular formula is C15H23FN2O3S2. The van der Waals surface area contributed by atoms with E-state index in [0.717, 1.165) is 24.0 Å². The van der Waals surface area contributed by atoms with Gasteiger partial charge in [0.25, 0.3) is 0 Å². The number of thioether (sulfide) groups is 1. The fraction of sp³-hybridized carbons (Fsp3) is 0.600. The van der Waals surface area contributed by atoms with Crippen molar-refractivity contribution in [1.29, 1.82) is 0 Å². The number of halogens is 1. The van der Waals surface area contributed by atoms with Crippen molar-refractivity contribution >= 4 is 21.8 Å². The van der Waals surface area contributed by atoms with Crippen molar-refractivity contribution in [3.05, 3.63) is 24.0 Å². The monoisotopic (exact) mass is 362 g/mol. The van der Waals surface area contributed by atoms with Crippen LogP contribution in [0.2, 0.25) is 0 Å². The molecule has 23 heavy (non-hydrogen) atoms. The average molecular weight is 362 g/mol. The summed E-state index contributed by atoms with van der Waals surface area (Å²) in [5.41, 5.74) is 0. The van der Waals surface area contributed by atoms with Crippen molar-refractivity contribution in [3.63, 3.8) is 0 Å². The molecule has 0 radical (unpaired) electrons. The second kappa shape index (κ2) is 7.83. The van der Waals surface area contributed by atoms with Crippen LogP contribution in [0.4, 0.5) is 4.39 Å². The molecule has 0 saturated carbocycles. The molecule has 1 heterocycles. The van der Waals surface area contributed by atoms with Crippen molar-refractivity contribution in [3.8, 4) is 5.75 Å². The molecule has 1 saturated heterocycles. The second-order valence-corrected chi connectivity index (χ2v) is 8.76. The Hall–Kier alpha value is -0.830. The van der Waals surface area contributed by atoms with Crippen molar-refractivity contribution in [2.24, 2.45) is 0 Å². The summed E-state index contributed by atoms with van der Waals surface area (Å²) in [7, 11) is 1.41. The van der Waals surface area contributed by atoms with E-state index in [1.807, 2.05) is 19.0 Å². The summed E-state index contributed by atoms with van der Waals surface area (Å²) < 4.78 is 46.5. The molecule has 2 rings (SSSR count). The smallest absolute Gasteiger partial charge is 0.247 e. The summed E-state index contributed by atoms with van der Waals surface area (Å²) in [5, 5.41) is 0. The molecule has 1 fully saturated rings. The van der Waals surface area contributed by atoms with Gasteiger partial charge >= 0.3 is 0 Å². The minimum atomic E-state index is -3.82. The lowest BCUT2D eigenvalue weighted by Crippen LogP contribution is -2.46. The quantitative estimate of drug-likeness (QED) is 0.801. The van der Waals surface area contributed by atoms with Crippen molar-refractivity contribution < 1.29 is 17.5 Å². The zero-order valence-electron chi connectivity index (χ0n) is 13.7. The first-order valence-electron chi connectivity index (χ1n) is 7.44. The molecule has 130 valence electrons. The summed E-state index contributed by atoms with van der Waals surface area (Å²) in [6.45, 7) is 1.07. The topological polar surface area (TPSA) is 49.9 Å². The van der Waals surface area contributed by atoms with E-state index in [1.165, 1.54) is 23.5 Å². The lowest BCUT2D eigenvalue weighted by atomic mass is 10.3. The van der Waals surface area contributed by atoms with Crippen LogP contribution in [-0.2, 0) is 10.0 Å². The normalized spacial score (nSPS) is 20.5. The lowest BCUT2D eigenvalue weighted by molar-refractivity contribution is 0.270. The van der Waals surface area contributed by atoms with Gasteiger partial charge in [-0.3, -0.25) is 0 Å². The van der Waals surface area contributed by atoms with E-state index >= 15 is 0 Å². The fourth-order valence-electron chi connectivity index (χ4n) is 2.67. The van der Waals surface area contributed by atoms with E-state index in [9.17, 15) is 12.8 Å². The van der Waals surface area contributed by atoms with Gasteiger partial charge in [-0.25, -0.2) is 12.8 Å². The Kier molecular flexibility index (Phi) is 6.30. The van der Waals surface area contributed by atoms with Gasteiger partial charge in [0.15, 0.2) is 0 Å². The Balaban J connectivity index is 2.44. The predicted octanol–water partition coefficient (Wildman–Crippen LogP) is 1.89. The molecule has 0 aromatic heterocycles. The number of hydrogen-bond acceptors (Lipinski definition) is 5. The van der Waals surface area contributed by atoms with Gasteiger partial charge in [-0.15, -0.1) is 0 Å². The Morgan fingerprint density at radius 2 is 2.17 bits per heavy atom. The molecule has 1 atom stereocenters. The number of benzene rings is 1. The minimum absolute atomic E-state index is 0.101. The number of likely N-dealkylation sites (N-methyl/N-ethyl adjacent to an activating group) is 1. The zero-order valence-corrected chi connectivity index (χ0v) is 15.3. The first kappa shape index (κ1) is 18.5. The predicted molar refractivity (Wildman–Crippen MR) is 91.1 cm³/mol. The van der Waals surface area contributed by atoms with E-state index in [0.29, 0.717) is 13.1 Å². The Morgan fingerprint density at radius 1 is 1.43 bits per heavy atom. The van der Waals surface area contributed by atoms with Gasteiger partial charge in [0.1, 0.15) is 16.5 Å². The van der Waals surface area contributed by atoms with Gasteiger partial charge < -0.3 is 9.64 Å². The van der Waals surface area contributed by atoms with Crippen LogP contribution in [0, 0.1) is 5.82 Å². The summed E-state index contributed by atoms with van der Waals surface area (Å²) in [4.78, 5) is 1.87. The molecule has 5 nitrogen and oxygen atoms in total. The molecule has 1 aliphatic heterocycles. The number of nitrogens with zero attached hydrogens (tertiary/aromatic N) is 2. The summed E-state index contributed by atoms with van der Waals surface area (Å²) in [6.07, 6.45) is 0.783. The van der Waals surface area contributed by atoms with Crippen LogP contribution in [0.5, 0.6) is 5.75 Å². The third-order valence-electron chi connectivity index (χ3n) is 3.67. The first-order chi connectivity index (χ1) is 10.9. The van der Waals surface area contributed by atoms with Crippen LogP contribution in [-0.4, -0.2) is 69.5 Å². The van der Waals surface area contributed by atoms with E-state index in [-0.39, 0.29) is 16.7 Å². The first-order valence-corrected chi connectivity index (χ1v) is 10.0. The molecule has 0 N–H and O–H groups in total. The van der Waals surface area contributed by atoms with Crippen LogP contribution < -0.4 is 4.74 Å². The number of sulfonamides is 1. The van der Waals surface area contributed by atoms with Crippen molar-refractivity contribution in [2.75, 3.05) is 45.8 Å². The number of rotatable bonds is 5. The Labute approximate surface area is 141 Å². The van der Waals surface area contributed by atoms with Gasteiger partial charge in [0.05, 0.1) is 7.11 Å². The minimum Gasteiger partial charge on any atom is -0.495 e. The third kappa shape index (κ3) is 4.37. The van der Waals surface area contributed by atoms with Crippen LogP contribution >= 0.6 is 11.8 Å². The molecule has 1 unspecified atom stereocenters. The van der Waals surface area contributed by atoms with E-state index in [4.69, 9.17) is 4.74 Å². The molecule has 0 aliphatic carbocycles. The van der Waals surface area contributed by atoms with Crippen molar-refractivity contribution in [2.45, 2.75) is 17.4 Å². The van der Waals surface area contributed by atoms with Gasteiger partial charge in [-0.1, -0.05) is 0 Å². The van der Waals surface area contributed by atoms with Crippen LogP contribution in [0.25, 0.3) is 0 Å². The van der Waals surface area contributed by atoms with Gasteiger partial charge in [0, 0.05) is 24.9 Å². The molecule has 1 aliphatic rings. The van der Waals surface area contributed by atoms with Gasteiger partial charge in [-0.05, 0) is 44.5 Å². The van der Waals surface area contributed by atoms with Crippen LogP contribution in [0.15, 0.2) is 23.1 Å². The Morgan fingerprint density at radius 3 is 2.83 bits per heavy atom. The van der Waals surface area contributed by atoms with E-state index in [1.54, 1.807) is 11.8 Å². The summed E-state index contributed by atoms with van der Waals surface area (Å²) in [5.74, 6) is 1.25. The van der Waals surface area contributed by atoms with Crippen LogP contribution in [0.1, 0.15) is 6.42 Å². The standard InChI is InChI=1S/C15H23FN2O3S2/c1-17(2)10-13-11-22-8-4-7-18(13)23(19,20)15-9-12(16)5-6-14(15)21-3/h5-6,9,13H,4,7-8,10-11H2,1-3H3. The largest absolute Gasteiger partial charge is 0.495 e. The van der Waals surface area contributed by atoms with E-state index in [2.05, 4.69) is 0 Å². The number of ether oxygens (including phenoxy) is 1. The molecule has 0 amide bonds. The Bertz CT molecular complexity index is 638. The molecule has 1 aromatic rings.